The van der Waals surface area contributed by atoms with Gasteiger partial charge in [0.2, 0.25) is 0 Å². The van der Waals surface area contributed by atoms with E-state index in [1.54, 1.807) is 24.3 Å². The van der Waals surface area contributed by atoms with Gasteiger partial charge in [-0.1, -0.05) is 18.2 Å². The Morgan fingerprint density at radius 3 is 2.56 bits per heavy atom. The van der Waals surface area contributed by atoms with Gasteiger partial charge in [0.05, 0.1) is 13.7 Å². The standard InChI is InChI=1S/C26H23FN4O5/c1-36-22-12-17(4-10-21(22)27)13-28-23(32)11-7-19-15-31(26(35)30-25(19)34)14-16-2-5-18(6-3-16)24(33)29-20-8-9-20/h2-6,10,12,15,20H,8-9,13-14H2,1H3,(H,28,32)(H,29,33)(H,30,34,35). The number of rotatable bonds is 7. The Labute approximate surface area is 205 Å². The summed E-state index contributed by atoms with van der Waals surface area (Å²) in [5.74, 6) is 3.54. The van der Waals surface area contributed by atoms with Crippen LogP contribution in [0.25, 0.3) is 0 Å². The topological polar surface area (TPSA) is 122 Å². The molecule has 0 aliphatic heterocycles. The first-order valence-electron chi connectivity index (χ1n) is 11.2. The van der Waals surface area contributed by atoms with E-state index in [-0.39, 0.29) is 36.4 Å². The number of halogens is 1. The van der Waals surface area contributed by atoms with Crippen molar-refractivity contribution in [2.24, 2.45) is 0 Å². The highest BCUT2D eigenvalue weighted by Crippen LogP contribution is 2.19. The molecule has 1 aliphatic carbocycles. The van der Waals surface area contributed by atoms with Gasteiger partial charge in [-0.3, -0.25) is 23.9 Å². The lowest BCUT2D eigenvalue weighted by atomic mass is 10.1. The van der Waals surface area contributed by atoms with Crippen LogP contribution in [0.1, 0.15) is 39.9 Å². The molecular weight excluding hydrogens is 467 g/mol. The van der Waals surface area contributed by atoms with Gasteiger partial charge in [0, 0.05) is 30.3 Å². The van der Waals surface area contributed by atoms with Gasteiger partial charge in [0.25, 0.3) is 17.4 Å². The second-order valence-electron chi connectivity index (χ2n) is 8.28. The van der Waals surface area contributed by atoms with Crippen LogP contribution in [0.15, 0.2) is 58.3 Å². The molecule has 1 aromatic heterocycles. The predicted molar refractivity (Wildman–Crippen MR) is 129 cm³/mol. The van der Waals surface area contributed by atoms with Crippen molar-refractivity contribution in [2.45, 2.75) is 32.0 Å². The minimum absolute atomic E-state index is 0.0535. The molecule has 3 N–H and O–H groups in total. The number of benzene rings is 2. The summed E-state index contributed by atoms with van der Waals surface area (Å²) in [6.45, 7) is 0.210. The molecule has 0 bridgehead atoms. The number of nitrogens with zero attached hydrogens (tertiary/aromatic N) is 1. The molecule has 1 saturated carbocycles. The fourth-order valence-corrected chi connectivity index (χ4v) is 3.34. The van der Waals surface area contributed by atoms with Crippen molar-refractivity contribution in [3.05, 3.63) is 97.6 Å². The lowest BCUT2D eigenvalue weighted by Gasteiger charge is -2.07. The zero-order valence-corrected chi connectivity index (χ0v) is 19.4. The van der Waals surface area contributed by atoms with Gasteiger partial charge in [0.1, 0.15) is 5.56 Å². The van der Waals surface area contributed by atoms with E-state index in [2.05, 4.69) is 27.5 Å². The van der Waals surface area contributed by atoms with Crippen LogP contribution in [0.5, 0.6) is 5.75 Å². The van der Waals surface area contributed by atoms with Crippen LogP contribution in [0.2, 0.25) is 0 Å². The summed E-state index contributed by atoms with van der Waals surface area (Å²) in [7, 11) is 1.34. The molecule has 0 atom stereocenters. The first-order valence-corrected chi connectivity index (χ1v) is 11.2. The van der Waals surface area contributed by atoms with Crippen LogP contribution in [0.3, 0.4) is 0 Å². The second-order valence-corrected chi connectivity index (χ2v) is 8.28. The Balaban J connectivity index is 1.42. The molecule has 36 heavy (non-hydrogen) atoms. The van der Waals surface area contributed by atoms with Gasteiger partial charge in [-0.25, -0.2) is 9.18 Å². The third kappa shape index (κ3) is 6.27. The number of ether oxygens (including phenoxy) is 1. The summed E-state index contributed by atoms with van der Waals surface area (Å²) >= 11 is 0. The largest absolute Gasteiger partial charge is 0.494 e. The Hall–Kier alpha value is -4.65. The number of H-pyrrole nitrogens is 1. The van der Waals surface area contributed by atoms with E-state index in [1.807, 2.05) is 0 Å². The van der Waals surface area contributed by atoms with Crippen LogP contribution in [-0.4, -0.2) is 34.5 Å². The maximum Gasteiger partial charge on any atom is 0.328 e. The third-order valence-corrected chi connectivity index (χ3v) is 5.47. The van der Waals surface area contributed by atoms with Crippen molar-refractivity contribution in [1.29, 1.82) is 0 Å². The van der Waals surface area contributed by atoms with Crippen molar-refractivity contribution in [3.8, 4) is 17.6 Å². The first kappa shape index (κ1) is 24.5. The van der Waals surface area contributed by atoms with Gasteiger partial charge in [-0.2, -0.15) is 0 Å². The summed E-state index contributed by atoms with van der Waals surface area (Å²) < 4.78 is 19.7. The number of methoxy groups -OCH3 is 1. The molecule has 0 spiro atoms. The molecule has 1 fully saturated rings. The monoisotopic (exact) mass is 490 g/mol. The molecule has 2 amide bonds. The third-order valence-electron chi connectivity index (χ3n) is 5.47. The number of aromatic amines is 1. The molecule has 4 rings (SSSR count). The fourth-order valence-electron chi connectivity index (χ4n) is 3.34. The van der Waals surface area contributed by atoms with Crippen LogP contribution < -0.4 is 26.6 Å². The van der Waals surface area contributed by atoms with Gasteiger partial charge in [-0.05, 0) is 54.2 Å². The highest BCUT2D eigenvalue weighted by Gasteiger charge is 2.23. The average molecular weight is 490 g/mol. The Bertz CT molecular complexity index is 1480. The van der Waals surface area contributed by atoms with E-state index < -0.39 is 23.0 Å². The molecule has 0 radical (unpaired) electrons. The van der Waals surface area contributed by atoms with Crippen LogP contribution in [0.4, 0.5) is 4.39 Å². The molecule has 10 heteroatoms. The summed E-state index contributed by atoms with van der Waals surface area (Å²) in [6, 6.07) is 11.2. The van der Waals surface area contributed by atoms with Crippen molar-refractivity contribution >= 4 is 11.8 Å². The van der Waals surface area contributed by atoms with Crippen LogP contribution >= 0.6 is 0 Å². The number of aromatic nitrogens is 2. The molecular formula is C26H23FN4O5. The van der Waals surface area contributed by atoms with E-state index in [0.717, 1.165) is 18.4 Å². The van der Waals surface area contributed by atoms with Gasteiger partial charge >= 0.3 is 5.69 Å². The van der Waals surface area contributed by atoms with E-state index in [9.17, 15) is 23.6 Å². The summed E-state index contributed by atoms with van der Waals surface area (Å²) in [5.41, 5.74) is 0.455. The number of carbonyl (C=O) groups excluding carboxylic acids is 2. The SMILES string of the molecule is COc1cc(CNC(=O)C#Cc2cn(Cc3ccc(C(=O)NC4CC4)cc3)c(=O)[nH]c2=O)ccc1F. The van der Waals surface area contributed by atoms with E-state index in [1.165, 1.54) is 36.1 Å². The average Bonchev–Trinajstić information content (AvgIpc) is 3.68. The van der Waals surface area contributed by atoms with Crippen molar-refractivity contribution < 1.29 is 18.7 Å². The maximum atomic E-state index is 13.5. The zero-order valence-electron chi connectivity index (χ0n) is 19.4. The Kier molecular flexibility index (Phi) is 7.30. The fraction of sp³-hybridized carbons (Fsp3) is 0.231. The summed E-state index contributed by atoms with van der Waals surface area (Å²) in [5, 5.41) is 5.46. The van der Waals surface area contributed by atoms with E-state index in [0.29, 0.717) is 11.1 Å². The lowest BCUT2D eigenvalue weighted by Crippen LogP contribution is -2.31. The second kappa shape index (κ2) is 10.7. The Morgan fingerprint density at radius 2 is 1.86 bits per heavy atom. The van der Waals surface area contributed by atoms with Gasteiger partial charge in [-0.15, -0.1) is 0 Å². The number of hydrogen-bond donors (Lipinski definition) is 3. The minimum Gasteiger partial charge on any atom is -0.494 e. The van der Waals surface area contributed by atoms with Crippen molar-refractivity contribution in [2.75, 3.05) is 7.11 Å². The van der Waals surface area contributed by atoms with Crippen LogP contribution in [0, 0.1) is 17.7 Å². The lowest BCUT2D eigenvalue weighted by molar-refractivity contribution is -0.115. The number of hydrogen-bond acceptors (Lipinski definition) is 5. The van der Waals surface area contributed by atoms with Crippen molar-refractivity contribution in [3.63, 3.8) is 0 Å². The molecule has 9 nitrogen and oxygen atoms in total. The van der Waals surface area contributed by atoms with E-state index >= 15 is 0 Å². The molecule has 2 aromatic carbocycles. The summed E-state index contributed by atoms with van der Waals surface area (Å²) in [4.78, 5) is 50.8. The number of carbonyl (C=O) groups is 2. The molecule has 0 unspecified atom stereocenters. The highest BCUT2D eigenvalue weighted by molar-refractivity contribution is 5.94. The minimum atomic E-state index is -0.716. The number of amides is 2. The summed E-state index contributed by atoms with van der Waals surface area (Å²) in [6.07, 6.45) is 3.27. The predicted octanol–water partition coefficient (Wildman–Crippen LogP) is 1.29. The van der Waals surface area contributed by atoms with Gasteiger partial charge < -0.3 is 15.4 Å². The molecule has 184 valence electrons. The molecule has 1 aliphatic rings. The van der Waals surface area contributed by atoms with E-state index in [4.69, 9.17) is 4.74 Å². The Morgan fingerprint density at radius 1 is 1.14 bits per heavy atom. The van der Waals surface area contributed by atoms with Crippen LogP contribution in [-0.2, 0) is 17.9 Å². The first-order chi connectivity index (χ1) is 17.3. The maximum absolute atomic E-state index is 13.5. The molecule has 1 heterocycles. The van der Waals surface area contributed by atoms with Crippen molar-refractivity contribution in [1.82, 2.24) is 20.2 Å². The number of nitrogens with one attached hydrogen (secondary N) is 3. The quantitative estimate of drug-likeness (QED) is 0.431. The van der Waals surface area contributed by atoms with Gasteiger partial charge in [0.15, 0.2) is 11.6 Å². The smallest absolute Gasteiger partial charge is 0.328 e. The molecule has 3 aromatic rings. The zero-order chi connectivity index (χ0) is 25.7. The highest BCUT2D eigenvalue weighted by atomic mass is 19.1. The molecule has 0 saturated heterocycles. The normalized spacial score (nSPS) is 12.3.